The van der Waals surface area contributed by atoms with Gasteiger partial charge in [0.1, 0.15) is 0 Å². The number of carbonyl (C=O) groups excluding carboxylic acids is 1. The topological polar surface area (TPSA) is 29.5 Å². The number of likely N-dealkylation sites (tertiary alicyclic amines) is 1. The summed E-state index contributed by atoms with van der Waals surface area (Å²) in [7, 11) is 2.12. The quantitative estimate of drug-likeness (QED) is 0.749. The van der Waals surface area contributed by atoms with Gasteiger partial charge in [-0.05, 0) is 38.6 Å². The van der Waals surface area contributed by atoms with Gasteiger partial charge in [-0.1, -0.05) is 18.2 Å². The molecule has 3 nitrogen and oxygen atoms in total. The summed E-state index contributed by atoms with van der Waals surface area (Å²) in [6.07, 6.45) is 2.36. The minimum absolute atomic E-state index is 0.209. The molecule has 1 saturated heterocycles. The Morgan fingerprint density at radius 3 is 2.88 bits per heavy atom. The van der Waals surface area contributed by atoms with Gasteiger partial charge < -0.3 is 9.64 Å². The number of esters is 1. The zero-order valence-electron chi connectivity index (χ0n) is 10.3. The highest BCUT2D eigenvalue weighted by Crippen LogP contribution is 2.15. The Kier molecular flexibility index (Phi) is 4.15. The molecule has 2 rings (SSSR count). The fraction of sp³-hybridized carbons (Fsp3) is 0.500. The highest BCUT2D eigenvalue weighted by Gasteiger charge is 2.18. The summed E-state index contributed by atoms with van der Waals surface area (Å²) < 4.78 is 5.35. The Balaban J connectivity index is 1.80. The van der Waals surface area contributed by atoms with Gasteiger partial charge in [0.25, 0.3) is 0 Å². The Morgan fingerprint density at radius 2 is 2.18 bits per heavy atom. The number of rotatable bonds is 3. The van der Waals surface area contributed by atoms with E-state index in [1.807, 2.05) is 18.2 Å². The Hall–Kier alpha value is -1.35. The monoisotopic (exact) mass is 233 g/mol. The summed E-state index contributed by atoms with van der Waals surface area (Å²) >= 11 is 0. The van der Waals surface area contributed by atoms with Crippen LogP contribution < -0.4 is 0 Å². The molecule has 92 valence electrons. The summed E-state index contributed by atoms with van der Waals surface area (Å²) in [6, 6.07) is 9.17. The van der Waals surface area contributed by atoms with E-state index in [0.717, 1.165) is 19.5 Å². The molecule has 1 heterocycles. The largest absolute Gasteiger partial charge is 0.462 e. The van der Waals surface area contributed by atoms with E-state index in [9.17, 15) is 4.79 Å². The van der Waals surface area contributed by atoms with Gasteiger partial charge in [0, 0.05) is 12.5 Å². The average molecular weight is 233 g/mol. The molecule has 1 aliphatic rings. The molecule has 0 amide bonds. The van der Waals surface area contributed by atoms with E-state index in [1.165, 1.54) is 6.42 Å². The lowest BCUT2D eigenvalue weighted by atomic mass is 10.00. The highest BCUT2D eigenvalue weighted by molar-refractivity contribution is 5.89. The van der Waals surface area contributed by atoms with E-state index in [0.29, 0.717) is 18.1 Å². The van der Waals surface area contributed by atoms with Crippen molar-refractivity contribution in [3.63, 3.8) is 0 Å². The van der Waals surface area contributed by atoms with E-state index in [-0.39, 0.29) is 5.97 Å². The zero-order chi connectivity index (χ0) is 12.1. The molecule has 0 saturated carbocycles. The van der Waals surface area contributed by atoms with Gasteiger partial charge in [-0.25, -0.2) is 4.79 Å². The van der Waals surface area contributed by atoms with Crippen LogP contribution in [-0.2, 0) is 4.74 Å². The molecule has 0 N–H and O–H groups in total. The van der Waals surface area contributed by atoms with Crippen LogP contribution in [0.3, 0.4) is 0 Å². The van der Waals surface area contributed by atoms with Crippen molar-refractivity contribution < 1.29 is 9.53 Å². The molecular formula is C14H19NO2. The fourth-order valence-corrected chi connectivity index (χ4v) is 2.26. The molecule has 1 aromatic carbocycles. The van der Waals surface area contributed by atoms with E-state index in [2.05, 4.69) is 11.9 Å². The van der Waals surface area contributed by atoms with E-state index in [1.54, 1.807) is 12.1 Å². The molecule has 1 atom stereocenters. The van der Waals surface area contributed by atoms with Crippen LogP contribution in [0.2, 0.25) is 0 Å². The summed E-state index contributed by atoms with van der Waals surface area (Å²) in [4.78, 5) is 14.0. The highest BCUT2D eigenvalue weighted by atomic mass is 16.5. The number of carbonyl (C=O) groups is 1. The minimum atomic E-state index is -0.209. The van der Waals surface area contributed by atoms with Crippen molar-refractivity contribution in [2.75, 3.05) is 26.7 Å². The van der Waals surface area contributed by atoms with Crippen LogP contribution in [0.1, 0.15) is 23.2 Å². The number of piperidine rings is 1. The lowest BCUT2D eigenvalue weighted by Gasteiger charge is -2.29. The first-order valence-corrected chi connectivity index (χ1v) is 6.16. The number of hydrogen-bond donors (Lipinski definition) is 0. The molecule has 1 aromatic rings. The SMILES string of the molecule is CN1CCCC(COC(=O)c2ccccc2)C1. The summed E-state index contributed by atoms with van der Waals surface area (Å²) in [5.41, 5.74) is 0.636. The van der Waals surface area contributed by atoms with Crippen LogP contribution in [0.15, 0.2) is 30.3 Å². The average Bonchev–Trinajstić information content (AvgIpc) is 2.37. The first-order valence-electron chi connectivity index (χ1n) is 6.16. The number of hydrogen-bond acceptors (Lipinski definition) is 3. The molecule has 0 aromatic heterocycles. The normalized spacial score (nSPS) is 21.1. The number of benzene rings is 1. The molecule has 0 radical (unpaired) electrons. The van der Waals surface area contributed by atoms with Crippen molar-refractivity contribution in [3.8, 4) is 0 Å². The van der Waals surface area contributed by atoms with E-state index in [4.69, 9.17) is 4.74 Å². The first kappa shape index (κ1) is 12.1. The first-order chi connectivity index (χ1) is 8.25. The Labute approximate surface area is 102 Å². The van der Waals surface area contributed by atoms with Crippen LogP contribution in [0.5, 0.6) is 0 Å². The van der Waals surface area contributed by atoms with Crippen LogP contribution >= 0.6 is 0 Å². The van der Waals surface area contributed by atoms with E-state index < -0.39 is 0 Å². The van der Waals surface area contributed by atoms with Gasteiger partial charge in [-0.3, -0.25) is 0 Å². The molecule has 17 heavy (non-hydrogen) atoms. The van der Waals surface area contributed by atoms with Crippen LogP contribution in [0, 0.1) is 5.92 Å². The second-order valence-corrected chi connectivity index (χ2v) is 4.73. The van der Waals surface area contributed by atoms with Gasteiger partial charge in [0.15, 0.2) is 0 Å². The van der Waals surface area contributed by atoms with E-state index >= 15 is 0 Å². The maximum absolute atomic E-state index is 11.7. The lowest BCUT2D eigenvalue weighted by Crippen LogP contribution is -2.34. The number of ether oxygens (including phenoxy) is 1. The third kappa shape index (κ3) is 3.56. The molecule has 0 aliphatic carbocycles. The standard InChI is InChI=1S/C14H19NO2/c1-15-9-5-6-12(10-15)11-17-14(16)13-7-3-2-4-8-13/h2-4,7-8,12H,5-6,9-11H2,1H3. The van der Waals surface area contributed by atoms with Crippen LogP contribution in [0.4, 0.5) is 0 Å². The predicted octanol–water partition coefficient (Wildman–Crippen LogP) is 2.19. The van der Waals surface area contributed by atoms with Gasteiger partial charge in [-0.2, -0.15) is 0 Å². The molecule has 0 bridgehead atoms. The Morgan fingerprint density at radius 1 is 1.41 bits per heavy atom. The summed E-state index contributed by atoms with van der Waals surface area (Å²) in [5.74, 6) is 0.278. The van der Waals surface area contributed by atoms with Crippen LogP contribution in [0.25, 0.3) is 0 Å². The van der Waals surface area contributed by atoms with Crippen LogP contribution in [-0.4, -0.2) is 37.6 Å². The van der Waals surface area contributed by atoms with Crippen molar-refractivity contribution in [2.24, 2.45) is 5.92 Å². The minimum Gasteiger partial charge on any atom is -0.462 e. The van der Waals surface area contributed by atoms with Crippen molar-refractivity contribution in [1.82, 2.24) is 4.90 Å². The summed E-state index contributed by atoms with van der Waals surface area (Å²) in [5, 5.41) is 0. The molecular weight excluding hydrogens is 214 g/mol. The smallest absolute Gasteiger partial charge is 0.338 e. The van der Waals surface area contributed by atoms with Crippen molar-refractivity contribution in [2.45, 2.75) is 12.8 Å². The molecule has 1 unspecified atom stereocenters. The maximum atomic E-state index is 11.7. The fourth-order valence-electron chi connectivity index (χ4n) is 2.26. The van der Waals surface area contributed by atoms with Crippen molar-refractivity contribution >= 4 is 5.97 Å². The summed E-state index contributed by atoms with van der Waals surface area (Å²) in [6.45, 7) is 2.73. The molecule has 1 fully saturated rings. The molecule has 0 spiro atoms. The van der Waals surface area contributed by atoms with Gasteiger partial charge >= 0.3 is 5.97 Å². The lowest BCUT2D eigenvalue weighted by molar-refractivity contribution is 0.0371. The molecule has 3 heteroatoms. The molecule has 1 aliphatic heterocycles. The maximum Gasteiger partial charge on any atom is 0.338 e. The van der Waals surface area contributed by atoms with Crippen molar-refractivity contribution in [1.29, 1.82) is 0 Å². The second kappa shape index (κ2) is 5.82. The van der Waals surface area contributed by atoms with Gasteiger partial charge in [0.05, 0.1) is 12.2 Å². The second-order valence-electron chi connectivity index (χ2n) is 4.73. The third-order valence-electron chi connectivity index (χ3n) is 3.18. The number of nitrogens with zero attached hydrogens (tertiary/aromatic N) is 1. The Bertz CT molecular complexity index is 364. The predicted molar refractivity (Wildman–Crippen MR) is 66.9 cm³/mol. The third-order valence-corrected chi connectivity index (χ3v) is 3.18. The zero-order valence-corrected chi connectivity index (χ0v) is 10.3. The van der Waals surface area contributed by atoms with Crippen molar-refractivity contribution in [3.05, 3.63) is 35.9 Å². The van der Waals surface area contributed by atoms with Gasteiger partial charge in [0.2, 0.25) is 0 Å². The van der Waals surface area contributed by atoms with Gasteiger partial charge in [-0.15, -0.1) is 0 Å².